The van der Waals surface area contributed by atoms with Gasteiger partial charge >= 0.3 is 0 Å². The summed E-state index contributed by atoms with van der Waals surface area (Å²) in [6.07, 6.45) is 1.67. The van der Waals surface area contributed by atoms with Crippen LogP contribution in [0.15, 0.2) is 49.1 Å². The van der Waals surface area contributed by atoms with Crippen molar-refractivity contribution >= 4 is 22.6 Å². The van der Waals surface area contributed by atoms with Crippen LogP contribution >= 0.6 is 11.6 Å². The molecule has 3 rings (SSSR count). The van der Waals surface area contributed by atoms with E-state index in [2.05, 4.69) is 28.8 Å². The Morgan fingerprint density at radius 2 is 2.15 bits per heavy atom. The summed E-state index contributed by atoms with van der Waals surface area (Å²) in [5.74, 6) is 2.03. The van der Waals surface area contributed by atoms with Crippen LogP contribution in [-0.2, 0) is 6.54 Å². The largest absolute Gasteiger partial charge is 0.493 e. The lowest BCUT2D eigenvalue weighted by Gasteiger charge is -2.15. The summed E-state index contributed by atoms with van der Waals surface area (Å²) in [6, 6.07) is 11.8. The fourth-order valence-electron chi connectivity index (χ4n) is 2.70. The first-order valence-corrected chi connectivity index (χ1v) is 8.78. The second-order valence-corrected chi connectivity index (χ2v) is 6.36. The third-order valence-corrected chi connectivity index (χ3v) is 4.35. The Balaban J connectivity index is 1.72. The van der Waals surface area contributed by atoms with E-state index < -0.39 is 0 Å². The molecule has 2 N–H and O–H groups in total. The van der Waals surface area contributed by atoms with Crippen molar-refractivity contribution in [2.24, 2.45) is 0 Å². The van der Waals surface area contributed by atoms with Gasteiger partial charge in [-0.25, -0.2) is 4.98 Å². The number of aromatic nitrogens is 2. The number of ether oxygens (including phenoxy) is 2. The molecule has 0 fully saturated rings. The first-order valence-electron chi connectivity index (χ1n) is 8.40. The fraction of sp³-hybridized carbons (Fsp3) is 0.250. The Bertz CT molecular complexity index is 874. The number of methoxy groups -OCH3 is 1. The van der Waals surface area contributed by atoms with Crippen molar-refractivity contribution in [3.05, 3.63) is 65.5 Å². The number of para-hydroxylation sites is 2. The minimum atomic E-state index is 0.0591. The molecule has 1 heterocycles. The predicted molar refractivity (Wildman–Crippen MR) is 105 cm³/mol. The first-order chi connectivity index (χ1) is 12.6. The maximum Gasteiger partial charge on any atom is 0.180 e. The minimum absolute atomic E-state index is 0.0591. The van der Waals surface area contributed by atoms with E-state index in [-0.39, 0.29) is 6.04 Å². The molecular formula is C20H22ClN3O2. The molecule has 0 aliphatic rings. The van der Waals surface area contributed by atoms with E-state index in [4.69, 9.17) is 21.1 Å². The normalized spacial score (nSPS) is 12.1. The summed E-state index contributed by atoms with van der Waals surface area (Å²) in [5, 5.41) is 3.97. The highest BCUT2D eigenvalue weighted by molar-refractivity contribution is 6.32. The zero-order valence-electron chi connectivity index (χ0n) is 14.9. The lowest BCUT2D eigenvalue weighted by atomic mass is 10.2. The van der Waals surface area contributed by atoms with Gasteiger partial charge in [0.2, 0.25) is 0 Å². The van der Waals surface area contributed by atoms with E-state index in [1.165, 1.54) is 0 Å². The zero-order valence-corrected chi connectivity index (χ0v) is 15.6. The Morgan fingerprint density at radius 1 is 1.35 bits per heavy atom. The van der Waals surface area contributed by atoms with Gasteiger partial charge in [-0.15, -0.1) is 0 Å². The number of imidazole rings is 1. The molecule has 1 atom stereocenters. The van der Waals surface area contributed by atoms with E-state index in [0.29, 0.717) is 29.7 Å². The molecule has 0 saturated heterocycles. The number of aromatic amines is 1. The molecule has 5 nitrogen and oxygen atoms in total. The molecule has 0 unspecified atom stereocenters. The number of halogens is 1. The molecule has 0 radical (unpaired) electrons. The third-order valence-electron chi connectivity index (χ3n) is 4.06. The van der Waals surface area contributed by atoms with Gasteiger partial charge in [0, 0.05) is 6.54 Å². The summed E-state index contributed by atoms with van der Waals surface area (Å²) in [5.41, 5.74) is 3.00. The van der Waals surface area contributed by atoms with Crippen LogP contribution in [0.4, 0.5) is 0 Å². The molecule has 26 heavy (non-hydrogen) atoms. The summed E-state index contributed by atoms with van der Waals surface area (Å²) >= 11 is 6.35. The molecular weight excluding hydrogens is 350 g/mol. The van der Waals surface area contributed by atoms with Crippen molar-refractivity contribution in [3.63, 3.8) is 0 Å². The van der Waals surface area contributed by atoms with Crippen LogP contribution in [0.3, 0.4) is 0 Å². The number of H-pyrrole nitrogens is 1. The second-order valence-electron chi connectivity index (χ2n) is 5.95. The van der Waals surface area contributed by atoms with Crippen molar-refractivity contribution in [3.8, 4) is 11.5 Å². The highest BCUT2D eigenvalue weighted by Crippen LogP contribution is 2.36. The second kappa shape index (κ2) is 8.25. The minimum Gasteiger partial charge on any atom is -0.493 e. The molecule has 0 aliphatic carbocycles. The lowest BCUT2D eigenvalue weighted by molar-refractivity contribution is 0.326. The van der Waals surface area contributed by atoms with Crippen molar-refractivity contribution in [2.75, 3.05) is 13.7 Å². The number of benzene rings is 2. The smallest absolute Gasteiger partial charge is 0.180 e. The summed E-state index contributed by atoms with van der Waals surface area (Å²) in [4.78, 5) is 7.97. The highest BCUT2D eigenvalue weighted by atomic mass is 35.5. The molecule has 2 aromatic carbocycles. The molecule has 6 heteroatoms. The van der Waals surface area contributed by atoms with E-state index in [1.807, 2.05) is 36.4 Å². The highest BCUT2D eigenvalue weighted by Gasteiger charge is 2.14. The third kappa shape index (κ3) is 4.00. The zero-order chi connectivity index (χ0) is 18.5. The summed E-state index contributed by atoms with van der Waals surface area (Å²) in [7, 11) is 1.60. The standard InChI is InChI=1S/C20H22ClN3O2/c1-4-9-26-19-15(21)10-14(11-18(19)25-3)12-22-13(2)20-23-16-7-5-6-8-17(16)24-20/h4-8,10-11,13,22H,1,9,12H2,2-3H3,(H,23,24)/t13-/m1/s1. The van der Waals surface area contributed by atoms with Crippen LogP contribution in [0.25, 0.3) is 11.0 Å². The van der Waals surface area contributed by atoms with E-state index in [9.17, 15) is 0 Å². The molecule has 0 amide bonds. The lowest BCUT2D eigenvalue weighted by Crippen LogP contribution is -2.19. The SMILES string of the molecule is C=CCOc1c(Cl)cc(CN[C@H](C)c2nc3ccccc3[nH]2)cc1OC. The first kappa shape index (κ1) is 18.3. The van der Waals surface area contributed by atoms with Gasteiger partial charge in [-0.1, -0.05) is 36.4 Å². The molecule has 0 saturated carbocycles. The van der Waals surface area contributed by atoms with Crippen LogP contribution in [0.5, 0.6) is 11.5 Å². The number of hydrogen-bond donors (Lipinski definition) is 2. The van der Waals surface area contributed by atoms with Gasteiger partial charge in [-0.3, -0.25) is 0 Å². The van der Waals surface area contributed by atoms with Gasteiger partial charge in [0.1, 0.15) is 12.4 Å². The average molecular weight is 372 g/mol. The maximum atomic E-state index is 6.35. The van der Waals surface area contributed by atoms with Crippen LogP contribution in [-0.4, -0.2) is 23.7 Å². The Hall–Kier alpha value is -2.50. The average Bonchev–Trinajstić information content (AvgIpc) is 3.09. The molecule has 1 aromatic heterocycles. The van der Waals surface area contributed by atoms with Crippen LogP contribution in [0.1, 0.15) is 24.4 Å². The fourth-order valence-corrected chi connectivity index (χ4v) is 2.99. The van der Waals surface area contributed by atoms with Crippen molar-refractivity contribution in [1.29, 1.82) is 0 Å². The quantitative estimate of drug-likeness (QED) is 0.566. The Kier molecular flexibility index (Phi) is 5.81. The van der Waals surface area contributed by atoms with Gasteiger partial charge in [0.25, 0.3) is 0 Å². The Labute approximate surface area is 158 Å². The van der Waals surface area contributed by atoms with Gasteiger partial charge < -0.3 is 19.8 Å². The van der Waals surface area contributed by atoms with Crippen LogP contribution < -0.4 is 14.8 Å². The van der Waals surface area contributed by atoms with Gasteiger partial charge in [0.15, 0.2) is 11.5 Å². The Morgan fingerprint density at radius 3 is 2.88 bits per heavy atom. The van der Waals surface area contributed by atoms with Crippen molar-refractivity contribution < 1.29 is 9.47 Å². The molecule has 0 aliphatic heterocycles. The summed E-state index contributed by atoms with van der Waals surface area (Å²) in [6.45, 7) is 6.70. The van der Waals surface area contributed by atoms with Gasteiger partial charge in [-0.2, -0.15) is 0 Å². The van der Waals surface area contributed by atoms with Crippen LogP contribution in [0, 0.1) is 0 Å². The molecule has 136 valence electrons. The topological polar surface area (TPSA) is 59.2 Å². The number of hydrogen-bond acceptors (Lipinski definition) is 4. The van der Waals surface area contributed by atoms with E-state index >= 15 is 0 Å². The maximum absolute atomic E-state index is 6.35. The number of nitrogens with one attached hydrogen (secondary N) is 2. The van der Waals surface area contributed by atoms with Crippen molar-refractivity contribution in [1.82, 2.24) is 15.3 Å². The molecule has 0 spiro atoms. The molecule has 0 bridgehead atoms. The summed E-state index contributed by atoms with van der Waals surface area (Å²) < 4.78 is 11.0. The van der Waals surface area contributed by atoms with Gasteiger partial charge in [-0.05, 0) is 36.8 Å². The number of nitrogens with zero attached hydrogens (tertiary/aromatic N) is 1. The van der Waals surface area contributed by atoms with E-state index in [0.717, 1.165) is 22.4 Å². The van der Waals surface area contributed by atoms with Crippen molar-refractivity contribution in [2.45, 2.75) is 19.5 Å². The van der Waals surface area contributed by atoms with E-state index in [1.54, 1.807) is 13.2 Å². The predicted octanol–water partition coefficient (Wildman–Crippen LogP) is 4.64. The van der Waals surface area contributed by atoms with Crippen LogP contribution in [0.2, 0.25) is 5.02 Å². The number of rotatable bonds is 8. The molecule has 3 aromatic rings. The monoisotopic (exact) mass is 371 g/mol. The number of fused-ring (bicyclic) bond motifs is 1. The van der Waals surface area contributed by atoms with Gasteiger partial charge in [0.05, 0.1) is 29.2 Å².